The fourth-order valence-corrected chi connectivity index (χ4v) is 14.4. The quantitative estimate of drug-likeness (QED) is 0.0201. The minimum atomic E-state index is -0.456. The number of nitrogens with zero attached hydrogens (tertiary/aromatic N) is 13. The van der Waals surface area contributed by atoms with E-state index in [0.29, 0.717) is 165 Å². The molecule has 3 amide bonds. The summed E-state index contributed by atoms with van der Waals surface area (Å²) in [5.41, 5.74) is 7.89. The number of hydrogen-bond acceptors (Lipinski definition) is 23. The maximum Gasteiger partial charge on any atom is 0.354 e. The van der Waals surface area contributed by atoms with Crippen LogP contribution in [0, 0.1) is 24.0 Å². The van der Waals surface area contributed by atoms with Crippen molar-refractivity contribution in [1.82, 2.24) is 44.4 Å². The Morgan fingerprint density at radius 1 is 0.486 bits per heavy atom. The van der Waals surface area contributed by atoms with E-state index in [1.54, 1.807) is 68.3 Å². The molecule has 3 aliphatic heterocycles. The van der Waals surface area contributed by atoms with E-state index < -0.39 is 16.9 Å². The molecule has 0 radical (unpaired) electrons. The molecule has 0 bridgehead atoms. The monoisotopic (exact) mass is 1580 g/mol. The molecule has 590 valence electrons. The SMILES string of the molecule is CCOC(=O)c1c(OCCCN(C)C)nc2ccc(C)cc2c1N1CCN(C(=O)c2ccc(OC)cc2)CC1.CCOC(=O)c1c(OCCCN(C)C)nc2ccc(C)cc2c1N1CCN(C(=O)c2cccs2)CC1.CN(C)CCCOc1nc2ccccc2c(N2CCN(C(=O)c3ccc(Cl)c(Cl)c3)CC2)c1[N+](=O)[O-]. The van der Waals surface area contributed by atoms with Crippen LogP contribution < -0.4 is 33.6 Å². The normalized spacial score (nSPS) is 13.8. The lowest BCUT2D eigenvalue weighted by molar-refractivity contribution is -0.385. The average Bonchev–Trinajstić information content (AvgIpc) is 1.11. The second-order valence-corrected chi connectivity index (χ2v) is 29.6. The number of methoxy groups -OCH3 is 1. The highest BCUT2D eigenvalue weighted by molar-refractivity contribution is 7.12. The van der Waals surface area contributed by atoms with Crippen molar-refractivity contribution in [1.29, 1.82) is 0 Å². The first-order valence-electron chi connectivity index (χ1n) is 37.3. The number of nitro groups is 1. The number of aromatic nitrogens is 3. The van der Waals surface area contributed by atoms with Crippen LogP contribution >= 0.6 is 34.5 Å². The summed E-state index contributed by atoms with van der Waals surface area (Å²) in [6.45, 7) is 17.9. The van der Waals surface area contributed by atoms with Gasteiger partial charge in [0.2, 0.25) is 11.8 Å². The lowest BCUT2D eigenvalue weighted by atomic mass is 10.0. The van der Waals surface area contributed by atoms with Crippen molar-refractivity contribution in [2.24, 2.45) is 0 Å². The van der Waals surface area contributed by atoms with Crippen molar-refractivity contribution in [3.8, 4) is 23.4 Å². The summed E-state index contributed by atoms with van der Waals surface area (Å²) in [6.07, 6.45) is 2.32. The van der Waals surface area contributed by atoms with Crippen LogP contribution in [0.15, 0.2) is 121 Å². The number of pyridine rings is 3. The summed E-state index contributed by atoms with van der Waals surface area (Å²) >= 11 is 13.5. The van der Waals surface area contributed by atoms with Gasteiger partial charge in [0.1, 0.15) is 22.6 Å². The first-order valence-corrected chi connectivity index (χ1v) is 39.0. The number of fused-ring (bicyclic) bond motifs is 3. The topological polar surface area (TPSA) is 252 Å². The van der Waals surface area contributed by atoms with E-state index in [9.17, 15) is 34.1 Å². The number of anilines is 3. The van der Waals surface area contributed by atoms with Gasteiger partial charge in [0.15, 0.2) is 0 Å². The van der Waals surface area contributed by atoms with E-state index in [4.69, 9.17) is 61.6 Å². The lowest BCUT2D eigenvalue weighted by Crippen LogP contribution is -2.49. The predicted octanol–water partition coefficient (Wildman–Crippen LogP) is 12.8. The third kappa shape index (κ3) is 21.3. The number of esters is 2. The van der Waals surface area contributed by atoms with Gasteiger partial charge in [-0.1, -0.05) is 70.7 Å². The highest BCUT2D eigenvalue weighted by Crippen LogP contribution is 2.44. The maximum absolute atomic E-state index is 13.4. The fourth-order valence-electron chi connectivity index (χ4n) is 13.4. The van der Waals surface area contributed by atoms with Crippen molar-refractivity contribution in [3.63, 3.8) is 0 Å². The molecule has 0 N–H and O–H groups in total. The van der Waals surface area contributed by atoms with Crippen molar-refractivity contribution >= 4 is 120 Å². The molecule has 29 heteroatoms. The molecule has 0 aliphatic carbocycles. The number of carbonyl (C=O) groups excluding carboxylic acids is 5. The Morgan fingerprint density at radius 2 is 0.910 bits per heavy atom. The molecule has 0 atom stereocenters. The Hall–Kier alpha value is -10.2. The molecule has 4 aromatic heterocycles. The number of amides is 3. The molecule has 26 nitrogen and oxygen atoms in total. The van der Waals surface area contributed by atoms with Gasteiger partial charge >= 0.3 is 17.6 Å². The number of thiophene rings is 1. The molecule has 3 aliphatic rings. The first kappa shape index (κ1) is 83.3. The van der Waals surface area contributed by atoms with Crippen LogP contribution in [-0.4, -0.2) is 260 Å². The van der Waals surface area contributed by atoms with Gasteiger partial charge in [0.25, 0.3) is 23.6 Å². The van der Waals surface area contributed by atoms with Crippen molar-refractivity contribution in [2.45, 2.75) is 47.0 Å². The Labute approximate surface area is 662 Å². The number of benzene rings is 5. The molecule has 111 heavy (non-hydrogen) atoms. The van der Waals surface area contributed by atoms with Crippen molar-refractivity contribution in [3.05, 3.63) is 179 Å². The number of aryl methyl sites for hydroxylation is 2. The molecule has 7 heterocycles. The number of para-hydroxylation sites is 1. The maximum atomic E-state index is 13.4. The molecular weight excluding hydrogens is 1480 g/mol. The third-order valence-electron chi connectivity index (χ3n) is 19.0. The van der Waals surface area contributed by atoms with Crippen LogP contribution in [0.25, 0.3) is 32.7 Å². The van der Waals surface area contributed by atoms with Gasteiger partial charge in [-0.15, -0.1) is 11.3 Å². The molecule has 3 fully saturated rings. The summed E-state index contributed by atoms with van der Waals surface area (Å²) in [7, 11) is 13.6. The second kappa shape index (κ2) is 39.7. The molecule has 9 aromatic rings. The smallest absolute Gasteiger partial charge is 0.354 e. The molecule has 12 rings (SSSR count). The predicted molar refractivity (Wildman–Crippen MR) is 437 cm³/mol. The van der Waals surface area contributed by atoms with Crippen LogP contribution in [-0.2, 0) is 9.47 Å². The van der Waals surface area contributed by atoms with Crippen LogP contribution in [0.3, 0.4) is 0 Å². The zero-order chi connectivity index (χ0) is 79.4. The van der Waals surface area contributed by atoms with Gasteiger partial charge in [-0.05, 0) is 173 Å². The van der Waals surface area contributed by atoms with Gasteiger partial charge in [0, 0.05) is 125 Å². The highest BCUT2D eigenvalue weighted by Gasteiger charge is 2.36. The van der Waals surface area contributed by atoms with E-state index in [2.05, 4.69) is 30.6 Å². The summed E-state index contributed by atoms with van der Waals surface area (Å²) < 4.78 is 34.2. The summed E-state index contributed by atoms with van der Waals surface area (Å²) in [5, 5.41) is 17.3. The molecule has 0 unspecified atom stereocenters. The average molecular weight is 1580 g/mol. The van der Waals surface area contributed by atoms with Crippen molar-refractivity contribution < 1.29 is 57.3 Å². The molecule has 0 saturated carbocycles. The largest absolute Gasteiger partial charge is 0.497 e. The number of ether oxygens (including phenoxy) is 6. The zero-order valence-corrected chi connectivity index (χ0v) is 67.4. The van der Waals surface area contributed by atoms with Gasteiger partial charge < -0.3 is 72.5 Å². The first-order chi connectivity index (χ1) is 53.5. The zero-order valence-electron chi connectivity index (χ0n) is 65.1. The number of rotatable bonds is 27. The van der Waals surface area contributed by atoms with Crippen LogP contribution in [0.5, 0.6) is 23.4 Å². The Bertz CT molecular complexity index is 4720. The summed E-state index contributed by atoms with van der Waals surface area (Å²) in [5.74, 6) is 0.284. The van der Waals surface area contributed by atoms with Gasteiger partial charge in [0.05, 0.1) is 87.9 Å². The standard InChI is InChI=1S/C30H38N4O5.C27H34N4O4S.C25H27Cl2N5O4/c1-6-38-30(36)26-27(24-20-21(2)8-13-25(24)31-28(26)39-19-7-14-32(3)4)33-15-17-34(18-16-33)29(35)22-9-11-23(37-5)12-10-22;1-5-34-27(33)23-24(30-12-14-31(15-13-30)26(32)22-8-6-17-36-22)20-18-19(2)9-10-21(20)28-25(23)35-16-7-11-29(3)4;1-29(2)10-5-15-36-24-23(32(34)35)22(18-6-3-4-7-21(18)28-24)30-11-13-31(14-12-30)25(33)17-8-9-19(26)20(27)16-17/h8-13,20H,6-7,14-19H2,1-5H3;6,8-10,17-18H,5,7,11-16H2,1-4H3;3-4,6-9,16H,5,10-15H2,1-2H3. The molecule has 5 aromatic carbocycles. The minimum absolute atomic E-state index is 0.0155. The van der Waals surface area contributed by atoms with E-state index in [1.807, 2.05) is 148 Å². The lowest BCUT2D eigenvalue weighted by Gasteiger charge is -2.37. The molecule has 3 saturated heterocycles. The highest BCUT2D eigenvalue weighted by atomic mass is 35.5. The van der Waals surface area contributed by atoms with E-state index in [0.717, 1.165) is 81.7 Å². The Morgan fingerprint density at radius 3 is 1.34 bits per heavy atom. The van der Waals surface area contributed by atoms with Crippen LogP contribution in [0.2, 0.25) is 10.0 Å². The summed E-state index contributed by atoms with van der Waals surface area (Å²) in [4.78, 5) is 110. The Balaban J connectivity index is 0.000000177. The van der Waals surface area contributed by atoms with Crippen LogP contribution in [0.4, 0.5) is 22.7 Å². The van der Waals surface area contributed by atoms with Crippen LogP contribution in [0.1, 0.15) is 95.3 Å². The van der Waals surface area contributed by atoms with Gasteiger partial charge in [-0.3, -0.25) is 24.5 Å². The van der Waals surface area contributed by atoms with Crippen molar-refractivity contribution in [2.75, 3.05) is 195 Å². The number of carbonyl (C=O) groups is 5. The third-order valence-corrected chi connectivity index (χ3v) is 20.6. The number of hydrogen-bond donors (Lipinski definition) is 0. The molecular formula is C82H99Cl2N13O13S. The fraction of sp³-hybridized carbons (Fsp3) is 0.415. The van der Waals surface area contributed by atoms with Gasteiger partial charge in [-0.2, -0.15) is 0 Å². The van der Waals surface area contributed by atoms with Gasteiger partial charge in [-0.25, -0.2) is 24.5 Å². The molecule has 0 spiro atoms. The van der Waals surface area contributed by atoms with E-state index >= 15 is 0 Å². The second-order valence-electron chi connectivity index (χ2n) is 27.8. The minimum Gasteiger partial charge on any atom is -0.497 e. The van der Waals surface area contributed by atoms with E-state index in [-0.39, 0.29) is 48.4 Å². The number of halogens is 2. The number of piperazine rings is 3. The van der Waals surface area contributed by atoms with E-state index in [1.165, 1.54) is 11.3 Å². The Kier molecular flexibility index (Phi) is 29.8. The summed E-state index contributed by atoms with van der Waals surface area (Å²) in [6, 6.07) is 35.1.